The largest absolute Gasteiger partial charge is 0.385 e. The summed E-state index contributed by atoms with van der Waals surface area (Å²) in [6.45, 7) is 1.31. The van der Waals surface area contributed by atoms with Gasteiger partial charge in [-0.25, -0.2) is 4.68 Å². The predicted molar refractivity (Wildman–Crippen MR) is 86.8 cm³/mol. The number of hydrazine groups is 1. The third-order valence-corrected chi connectivity index (χ3v) is 3.09. The first-order valence-electron chi connectivity index (χ1n) is 6.87. The third-order valence-electron chi connectivity index (χ3n) is 2.84. The standard InChI is InChI=1S/C13H17N7O2S/c1-22-8-2-7-14-13(23)17-16-12(21)10-3-5-11(6-4-10)20-9-15-18-19-20/h3-6,9H,2,7-8H2,1H3,(H,16,21)(H2,14,17,23). The highest BCUT2D eigenvalue weighted by atomic mass is 32.1. The van der Waals surface area contributed by atoms with Gasteiger partial charge in [0.2, 0.25) is 0 Å². The van der Waals surface area contributed by atoms with Crippen LogP contribution in [0, 0.1) is 0 Å². The van der Waals surface area contributed by atoms with Gasteiger partial charge in [0.25, 0.3) is 5.91 Å². The van der Waals surface area contributed by atoms with E-state index < -0.39 is 0 Å². The summed E-state index contributed by atoms with van der Waals surface area (Å²) in [6.07, 6.45) is 2.30. The second-order valence-electron chi connectivity index (χ2n) is 4.48. The summed E-state index contributed by atoms with van der Waals surface area (Å²) >= 11 is 5.04. The van der Waals surface area contributed by atoms with Gasteiger partial charge in [0, 0.05) is 25.8 Å². The van der Waals surface area contributed by atoms with Gasteiger partial charge in [-0.3, -0.25) is 15.6 Å². The van der Waals surface area contributed by atoms with Crippen LogP contribution in [0.15, 0.2) is 30.6 Å². The van der Waals surface area contributed by atoms with Crippen LogP contribution in [0.2, 0.25) is 0 Å². The van der Waals surface area contributed by atoms with Crippen molar-refractivity contribution in [3.8, 4) is 5.69 Å². The van der Waals surface area contributed by atoms with Crippen LogP contribution in [0.1, 0.15) is 16.8 Å². The van der Waals surface area contributed by atoms with E-state index in [0.717, 1.165) is 12.1 Å². The number of benzene rings is 1. The maximum absolute atomic E-state index is 12.0. The molecule has 9 nitrogen and oxygen atoms in total. The number of amides is 1. The van der Waals surface area contributed by atoms with Crippen LogP contribution in [0.3, 0.4) is 0 Å². The highest BCUT2D eigenvalue weighted by Crippen LogP contribution is 2.07. The Kier molecular flexibility index (Phi) is 6.39. The molecule has 3 N–H and O–H groups in total. The van der Waals surface area contributed by atoms with Crippen LogP contribution >= 0.6 is 12.2 Å². The van der Waals surface area contributed by atoms with E-state index in [-0.39, 0.29) is 5.91 Å². The van der Waals surface area contributed by atoms with Crippen molar-refractivity contribution >= 4 is 23.2 Å². The third kappa shape index (κ3) is 5.27. The minimum atomic E-state index is -0.297. The van der Waals surface area contributed by atoms with Crippen molar-refractivity contribution in [2.45, 2.75) is 6.42 Å². The van der Waals surface area contributed by atoms with Gasteiger partial charge < -0.3 is 10.1 Å². The number of rotatable bonds is 6. The molecule has 1 amide bonds. The lowest BCUT2D eigenvalue weighted by Crippen LogP contribution is -2.47. The van der Waals surface area contributed by atoms with E-state index in [1.165, 1.54) is 11.0 Å². The zero-order valence-electron chi connectivity index (χ0n) is 12.5. The Hall–Kier alpha value is -2.59. The lowest BCUT2D eigenvalue weighted by atomic mass is 10.2. The Labute approximate surface area is 138 Å². The van der Waals surface area contributed by atoms with Gasteiger partial charge in [0.1, 0.15) is 6.33 Å². The molecular formula is C13H17N7O2S. The van der Waals surface area contributed by atoms with Crippen LogP contribution in [0.4, 0.5) is 0 Å². The van der Waals surface area contributed by atoms with Crippen molar-refractivity contribution in [1.29, 1.82) is 0 Å². The molecule has 0 bridgehead atoms. The fraction of sp³-hybridized carbons (Fsp3) is 0.308. The molecule has 0 spiro atoms. The first-order valence-corrected chi connectivity index (χ1v) is 7.28. The maximum Gasteiger partial charge on any atom is 0.269 e. The molecule has 0 saturated carbocycles. The zero-order chi connectivity index (χ0) is 16.5. The van der Waals surface area contributed by atoms with Crippen molar-refractivity contribution in [3.63, 3.8) is 0 Å². The summed E-state index contributed by atoms with van der Waals surface area (Å²) in [5.41, 5.74) is 6.41. The minimum Gasteiger partial charge on any atom is -0.385 e. The molecule has 1 aromatic carbocycles. The van der Waals surface area contributed by atoms with E-state index in [9.17, 15) is 4.79 Å². The van der Waals surface area contributed by atoms with Gasteiger partial charge in [-0.05, 0) is 53.3 Å². The normalized spacial score (nSPS) is 10.1. The predicted octanol–water partition coefficient (Wildman–Crippen LogP) is -0.192. The molecule has 10 heteroatoms. The van der Waals surface area contributed by atoms with Gasteiger partial charge in [-0.2, -0.15) is 0 Å². The average Bonchev–Trinajstić information content (AvgIpc) is 3.11. The summed E-state index contributed by atoms with van der Waals surface area (Å²) < 4.78 is 6.43. The number of carbonyl (C=O) groups is 1. The van der Waals surface area contributed by atoms with Gasteiger partial charge in [0.15, 0.2) is 5.11 Å². The van der Waals surface area contributed by atoms with Gasteiger partial charge in [0.05, 0.1) is 5.69 Å². The lowest BCUT2D eigenvalue weighted by Gasteiger charge is -2.11. The Balaban J connectivity index is 1.78. The average molecular weight is 335 g/mol. The lowest BCUT2D eigenvalue weighted by molar-refractivity contribution is 0.0943. The molecule has 0 saturated heterocycles. The number of nitrogens with zero attached hydrogens (tertiary/aromatic N) is 4. The van der Waals surface area contributed by atoms with Crippen molar-refractivity contribution < 1.29 is 9.53 Å². The topological polar surface area (TPSA) is 106 Å². The first-order chi connectivity index (χ1) is 11.2. The highest BCUT2D eigenvalue weighted by Gasteiger charge is 2.06. The number of hydrogen-bond acceptors (Lipinski definition) is 6. The first kappa shape index (κ1) is 16.8. The number of hydrogen-bond donors (Lipinski definition) is 3. The second-order valence-corrected chi connectivity index (χ2v) is 4.89. The Morgan fingerprint density at radius 1 is 1.30 bits per heavy atom. The second kappa shape index (κ2) is 8.76. The van der Waals surface area contributed by atoms with E-state index >= 15 is 0 Å². The van der Waals surface area contributed by atoms with Crippen molar-refractivity contribution in [2.75, 3.05) is 20.3 Å². The summed E-state index contributed by atoms with van der Waals surface area (Å²) in [6, 6.07) is 6.82. The number of carbonyl (C=O) groups excluding carboxylic acids is 1. The van der Waals surface area contributed by atoms with Crippen LogP contribution in [-0.4, -0.2) is 51.5 Å². The van der Waals surface area contributed by atoms with Gasteiger partial charge >= 0.3 is 0 Å². The number of aromatic nitrogens is 4. The number of thiocarbonyl (C=S) groups is 1. The van der Waals surface area contributed by atoms with Crippen LogP contribution in [0.5, 0.6) is 0 Å². The van der Waals surface area contributed by atoms with E-state index in [1.807, 2.05) is 0 Å². The molecule has 23 heavy (non-hydrogen) atoms. The van der Waals surface area contributed by atoms with E-state index in [2.05, 4.69) is 31.7 Å². The number of methoxy groups -OCH3 is 1. The molecule has 0 aliphatic carbocycles. The summed E-state index contributed by atoms with van der Waals surface area (Å²) in [4.78, 5) is 12.0. The number of ether oxygens (including phenoxy) is 1. The minimum absolute atomic E-state index is 0.297. The summed E-state index contributed by atoms with van der Waals surface area (Å²) in [5, 5.41) is 14.2. The molecule has 2 rings (SSSR count). The highest BCUT2D eigenvalue weighted by molar-refractivity contribution is 7.80. The smallest absolute Gasteiger partial charge is 0.269 e. The SMILES string of the molecule is COCCCNC(=S)NNC(=O)c1ccc(-n2cnnn2)cc1. The van der Waals surface area contributed by atoms with E-state index in [4.69, 9.17) is 17.0 Å². The molecule has 2 aromatic rings. The van der Waals surface area contributed by atoms with Crippen LogP contribution < -0.4 is 16.2 Å². The molecule has 122 valence electrons. The van der Waals surface area contributed by atoms with Crippen molar-refractivity contribution in [3.05, 3.63) is 36.2 Å². The van der Waals surface area contributed by atoms with Crippen LogP contribution in [0.25, 0.3) is 5.69 Å². The van der Waals surface area contributed by atoms with Crippen molar-refractivity contribution in [2.24, 2.45) is 0 Å². The summed E-state index contributed by atoms with van der Waals surface area (Å²) in [5.74, 6) is -0.297. The number of nitrogens with one attached hydrogen (secondary N) is 3. The monoisotopic (exact) mass is 335 g/mol. The van der Waals surface area contributed by atoms with Gasteiger partial charge in [-0.15, -0.1) is 5.10 Å². The maximum atomic E-state index is 12.0. The molecule has 1 heterocycles. The molecule has 0 fully saturated rings. The molecular weight excluding hydrogens is 318 g/mol. The number of tetrazole rings is 1. The molecule has 0 atom stereocenters. The molecule has 0 radical (unpaired) electrons. The van der Waals surface area contributed by atoms with Crippen LogP contribution in [-0.2, 0) is 4.74 Å². The Morgan fingerprint density at radius 3 is 2.74 bits per heavy atom. The summed E-state index contributed by atoms with van der Waals surface area (Å²) in [7, 11) is 1.64. The zero-order valence-corrected chi connectivity index (χ0v) is 13.3. The van der Waals surface area contributed by atoms with Gasteiger partial charge in [-0.1, -0.05) is 0 Å². The molecule has 0 aliphatic heterocycles. The fourth-order valence-corrected chi connectivity index (χ4v) is 1.85. The molecule has 1 aromatic heterocycles. The quantitative estimate of drug-likeness (QED) is 0.379. The fourth-order valence-electron chi connectivity index (χ4n) is 1.69. The Morgan fingerprint density at radius 2 is 2.09 bits per heavy atom. The van der Waals surface area contributed by atoms with E-state index in [0.29, 0.717) is 23.8 Å². The van der Waals surface area contributed by atoms with Crippen molar-refractivity contribution in [1.82, 2.24) is 36.4 Å². The Bertz CT molecular complexity index is 630. The molecule has 0 aliphatic rings. The molecule has 0 unspecified atom stereocenters. The van der Waals surface area contributed by atoms with E-state index in [1.54, 1.807) is 31.4 Å².